The van der Waals surface area contributed by atoms with Crippen LogP contribution in [-0.2, 0) is 0 Å². The van der Waals surface area contributed by atoms with Crippen molar-refractivity contribution in [3.8, 4) is 0 Å². The van der Waals surface area contributed by atoms with E-state index in [9.17, 15) is 15.3 Å². The predicted octanol–water partition coefficient (Wildman–Crippen LogP) is 3.03. The number of aromatic nitrogens is 5. The van der Waals surface area contributed by atoms with Crippen LogP contribution in [0.5, 0.6) is 0 Å². The van der Waals surface area contributed by atoms with Gasteiger partial charge in [-0.3, -0.25) is 0 Å². The number of benzene rings is 1. The molecule has 0 saturated heterocycles. The molecule has 0 amide bonds. The van der Waals surface area contributed by atoms with Gasteiger partial charge in [-0.25, -0.2) is 14.6 Å². The van der Waals surface area contributed by atoms with E-state index in [1.165, 1.54) is 16.4 Å². The molecule has 12 heteroatoms. The molecule has 2 fully saturated rings. The third kappa shape index (κ3) is 4.52. The summed E-state index contributed by atoms with van der Waals surface area (Å²) < 4.78 is 1.49. The monoisotopic (exact) mass is 510 g/mol. The third-order valence-electron chi connectivity index (χ3n) is 6.10. The second-order valence-electron chi connectivity index (χ2n) is 8.56. The van der Waals surface area contributed by atoms with Gasteiger partial charge in [0.2, 0.25) is 0 Å². The van der Waals surface area contributed by atoms with Gasteiger partial charge in [0.05, 0.1) is 12.1 Å². The number of rotatable bonds is 7. The second-order valence-corrected chi connectivity index (χ2v) is 10.5. The summed E-state index contributed by atoms with van der Waals surface area (Å²) in [5.74, 6) is 1.66. The lowest BCUT2D eigenvalue weighted by Crippen LogP contribution is -2.31. The Bertz CT molecular complexity index is 1160. The van der Waals surface area contributed by atoms with Crippen molar-refractivity contribution in [3.05, 3.63) is 33.8 Å². The number of aliphatic hydroxyl groups is 3. The van der Waals surface area contributed by atoms with E-state index < -0.39 is 24.4 Å². The summed E-state index contributed by atoms with van der Waals surface area (Å²) >= 11 is 13.9. The summed E-state index contributed by atoms with van der Waals surface area (Å²) in [7, 11) is 0. The van der Waals surface area contributed by atoms with Crippen molar-refractivity contribution in [2.45, 2.75) is 67.7 Å². The second kappa shape index (κ2) is 9.16. The fourth-order valence-corrected chi connectivity index (χ4v) is 5.54. The van der Waals surface area contributed by atoms with Crippen LogP contribution in [0.4, 0.5) is 5.82 Å². The molecule has 5 rings (SSSR count). The Morgan fingerprint density at radius 2 is 1.85 bits per heavy atom. The number of nitrogens with one attached hydrogen (secondary N) is 1. The molecule has 9 nitrogen and oxygen atoms in total. The fourth-order valence-electron chi connectivity index (χ4n) is 4.31. The van der Waals surface area contributed by atoms with Crippen molar-refractivity contribution >= 4 is 51.9 Å². The molecule has 0 radical (unpaired) electrons. The minimum Gasteiger partial charge on any atom is -0.390 e. The Kier molecular flexibility index (Phi) is 6.41. The highest BCUT2D eigenvalue weighted by Crippen LogP contribution is 2.45. The number of hydrogen-bond donors (Lipinski definition) is 4. The van der Waals surface area contributed by atoms with Crippen LogP contribution in [-0.4, -0.2) is 70.4 Å². The minimum absolute atomic E-state index is 0.132. The smallest absolute Gasteiger partial charge is 0.191 e. The van der Waals surface area contributed by atoms with Gasteiger partial charge < -0.3 is 20.6 Å². The molecular weight excluding hydrogens is 487 g/mol. The van der Waals surface area contributed by atoms with Gasteiger partial charge in [-0.1, -0.05) is 47.1 Å². The van der Waals surface area contributed by atoms with E-state index in [0.717, 1.165) is 24.2 Å². The fraction of sp³-hybridized carbons (Fsp3) is 0.524. The van der Waals surface area contributed by atoms with E-state index in [4.69, 9.17) is 23.2 Å². The summed E-state index contributed by atoms with van der Waals surface area (Å²) in [6, 6.07) is 5.06. The zero-order valence-electron chi connectivity index (χ0n) is 17.8. The van der Waals surface area contributed by atoms with Crippen molar-refractivity contribution < 1.29 is 15.3 Å². The highest BCUT2D eigenvalue weighted by molar-refractivity contribution is 7.99. The molecule has 2 unspecified atom stereocenters. The summed E-state index contributed by atoms with van der Waals surface area (Å²) in [5.41, 5.74) is 2.00. The standard InChI is InChI=1S/C21H24Cl2N6O3S/c1-2-3-33-21-25-19(24-13-7-12(13)9-4-10(22)6-11(23)5-9)16-20(26-21)29(28-27-16)14-8-15(30)18(32)17(14)31/h4-6,12-15,17-18,30-32H,2-3,7-8H2,1H3,(H,24,25,26)/t12?,13?,14-,15+,17+,18-/m0/s1. The highest BCUT2D eigenvalue weighted by Gasteiger charge is 2.44. The Morgan fingerprint density at radius 1 is 1.09 bits per heavy atom. The molecule has 3 aromatic rings. The lowest BCUT2D eigenvalue weighted by atomic mass is 10.1. The lowest BCUT2D eigenvalue weighted by Gasteiger charge is -2.16. The molecular formula is C21H24Cl2N6O3S. The van der Waals surface area contributed by atoms with Gasteiger partial charge in [-0.05, 0) is 36.6 Å². The van der Waals surface area contributed by atoms with Crippen LogP contribution >= 0.6 is 35.0 Å². The maximum absolute atomic E-state index is 10.4. The lowest BCUT2D eigenvalue weighted by molar-refractivity contribution is -0.0253. The van der Waals surface area contributed by atoms with E-state index in [1.54, 1.807) is 6.07 Å². The van der Waals surface area contributed by atoms with Gasteiger partial charge in [0.1, 0.15) is 12.2 Å². The summed E-state index contributed by atoms with van der Waals surface area (Å²) in [5, 5.41) is 44.2. The number of fused-ring (bicyclic) bond motifs is 1. The van der Waals surface area contributed by atoms with Crippen molar-refractivity contribution in [1.82, 2.24) is 25.0 Å². The van der Waals surface area contributed by atoms with E-state index in [0.29, 0.717) is 32.2 Å². The number of anilines is 1. The van der Waals surface area contributed by atoms with Crippen LogP contribution in [0, 0.1) is 0 Å². The molecule has 176 valence electrons. The molecule has 4 N–H and O–H groups in total. The average molecular weight is 511 g/mol. The Labute approximate surface area is 204 Å². The number of nitrogens with zero attached hydrogens (tertiary/aromatic N) is 5. The largest absolute Gasteiger partial charge is 0.390 e. The van der Waals surface area contributed by atoms with Gasteiger partial charge in [0.25, 0.3) is 0 Å². The molecule has 2 saturated carbocycles. The van der Waals surface area contributed by atoms with Crippen LogP contribution in [0.2, 0.25) is 10.0 Å². The van der Waals surface area contributed by atoms with Crippen LogP contribution in [0.25, 0.3) is 11.2 Å². The van der Waals surface area contributed by atoms with E-state index in [1.807, 2.05) is 12.1 Å². The first-order valence-corrected chi connectivity index (χ1v) is 12.6. The average Bonchev–Trinajstić information content (AvgIpc) is 3.34. The molecule has 2 heterocycles. The normalized spacial score (nSPS) is 29.0. The number of aliphatic hydroxyl groups excluding tert-OH is 3. The molecule has 0 bridgehead atoms. The zero-order valence-corrected chi connectivity index (χ0v) is 20.1. The van der Waals surface area contributed by atoms with Gasteiger partial charge in [-0.15, -0.1) is 5.10 Å². The Balaban J connectivity index is 1.46. The molecule has 2 aliphatic rings. The quantitative estimate of drug-likeness (QED) is 0.279. The summed E-state index contributed by atoms with van der Waals surface area (Å²) in [6.45, 7) is 2.08. The van der Waals surface area contributed by atoms with Crippen molar-refractivity contribution in [2.75, 3.05) is 11.1 Å². The van der Waals surface area contributed by atoms with E-state index in [-0.39, 0.29) is 18.4 Å². The maximum Gasteiger partial charge on any atom is 0.191 e. The van der Waals surface area contributed by atoms with E-state index >= 15 is 0 Å². The van der Waals surface area contributed by atoms with Crippen LogP contribution in [0.15, 0.2) is 23.4 Å². The molecule has 2 aliphatic carbocycles. The molecule has 0 spiro atoms. The Hall–Kier alpha value is -1.69. The summed E-state index contributed by atoms with van der Waals surface area (Å²) in [6.07, 6.45) is -1.41. The topological polar surface area (TPSA) is 129 Å². The molecule has 33 heavy (non-hydrogen) atoms. The molecule has 0 aliphatic heterocycles. The van der Waals surface area contributed by atoms with Crippen LogP contribution < -0.4 is 5.32 Å². The Morgan fingerprint density at radius 3 is 2.52 bits per heavy atom. The van der Waals surface area contributed by atoms with Crippen molar-refractivity contribution in [2.24, 2.45) is 0 Å². The third-order valence-corrected chi connectivity index (χ3v) is 7.59. The number of halogens is 2. The van der Waals surface area contributed by atoms with Crippen molar-refractivity contribution in [1.29, 1.82) is 0 Å². The zero-order chi connectivity index (χ0) is 23.3. The van der Waals surface area contributed by atoms with Gasteiger partial charge in [-0.2, -0.15) is 0 Å². The SMILES string of the molecule is CCCSc1nc(NC2CC2c2cc(Cl)cc(Cl)c2)c2nnn([C@H]3C[C@@H](O)[C@H](O)[C@@H]3O)c2n1. The molecule has 2 aromatic heterocycles. The molecule has 6 atom stereocenters. The van der Waals surface area contributed by atoms with Crippen molar-refractivity contribution in [3.63, 3.8) is 0 Å². The van der Waals surface area contributed by atoms with Gasteiger partial charge in [0, 0.05) is 34.2 Å². The van der Waals surface area contributed by atoms with Crippen LogP contribution in [0.1, 0.15) is 43.7 Å². The maximum atomic E-state index is 10.4. The predicted molar refractivity (Wildman–Crippen MR) is 127 cm³/mol. The van der Waals surface area contributed by atoms with Gasteiger partial charge >= 0.3 is 0 Å². The molecule has 1 aromatic carbocycles. The van der Waals surface area contributed by atoms with Gasteiger partial charge in [0.15, 0.2) is 22.1 Å². The first-order chi connectivity index (χ1) is 15.9. The number of thioether (sulfide) groups is 1. The minimum atomic E-state index is -1.24. The van der Waals surface area contributed by atoms with Crippen LogP contribution in [0.3, 0.4) is 0 Å². The first kappa shape index (κ1) is 23.1. The number of hydrogen-bond acceptors (Lipinski definition) is 9. The summed E-state index contributed by atoms with van der Waals surface area (Å²) in [4.78, 5) is 9.31. The first-order valence-electron chi connectivity index (χ1n) is 10.9. The van der Waals surface area contributed by atoms with E-state index in [2.05, 4.69) is 32.5 Å². The highest BCUT2D eigenvalue weighted by atomic mass is 35.5.